The zero-order valence-electron chi connectivity index (χ0n) is 11.2. The number of ether oxygens (including phenoxy) is 2. The van der Waals surface area contributed by atoms with E-state index in [1.807, 2.05) is 6.07 Å². The van der Waals surface area contributed by atoms with Gasteiger partial charge in [0.1, 0.15) is 0 Å². The highest BCUT2D eigenvalue weighted by Gasteiger charge is 2.09. The van der Waals surface area contributed by atoms with Crippen LogP contribution in [0.2, 0.25) is 0 Å². The van der Waals surface area contributed by atoms with Crippen LogP contribution in [0.4, 0.5) is 0 Å². The topological polar surface area (TPSA) is 30.5 Å². The van der Waals surface area contributed by atoms with E-state index in [2.05, 4.69) is 31.3 Å². The van der Waals surface area contributed by atoms with Crippen LogP contribution < -0.4 is 14.8 Å². The van der Waals surface area contributed by atoms with Gasteiger partial charge in [-0.05, 0) is 36.6 Å². The number of methoxy groups -OCH3 is 2. The van der Waals surface area contributed by atoms with E-state index in [-0.39, 0.29) is 0 Å². The standard InChI is InChI=1S/C14H23NO2/c1-5-8-15-10-11(2)12-6-7-13(16-3)14(9-12)17-4/h6-7,9,11,15H,5,8,10H2,1-4H3. The molecule has 1 atom stereocenters. The number of nitrogens with one attached hydrogen (secondary N) is 1. The lowest BCUT2D eigenvalue weighted by atomic mass is 10.0. The summed E-state index contributed by atoms with van der Waals surface area (Å²) >= 11 is 0. The van der Waals surface area contributed by atoms with Crippen molar-refractivity contribution in [3.05, 3.63) is 23.8 Å². The zero-order chi connectivity index (χ0) is 12.7. The number of rotatable bonds is 7. The van der Waals surface area contributed by atoms with E-state index in [1.165, 1.54) is 12.0 Å². The van der Waals surface area contributed by atoms with Gasteiger partial charge in [0.05, 0.1) is 14.2 Å². The molecule has 1 rings (SSSR count). The largest absolute Gasteiger partial charge is 0.493 e. The van der Waals surface area contributed by atoms with Gasteiger partial charge in [0.15, 0.2) is 11.5 Å². The smallest absolute Gasteiger partial charge is 0.160 e. The van der Waals surface area contributed by atoms with Crippen molar-refractivity contribution in [2.24, 2.45) is 0 Å². The molecule has 0 radical (unpaired) electrons. The monoisotopic (exact) mass is 237 g/mol. The van der Waals surface area contributed by atoms with Gasteiger partial charge >= 0.3 is 0 Å². The van der Waals surface area contributed by atoms with Crippen LogP contribution in [0.5, 0.6) is 11.5 Å². The first kappa shape index (κ1) is 13.8. The second kappa shape index (κ2) is 7.17. The molecular weight excluding hydrogens is 214 g/mol. The molecule has 1 aromatic rings. The van der Waals surface area contributed by atoms with Gasteiger partial charge < -0.3 is 14.8 Å². The van der Waals surface area contributed by atoms with Crippen molar-refractivity contribution in [3.8, 4) is 11.5 Å². The molecule has 0 spiro atoms. The fourth-order valence-corrected chi connectivity index (χ4v) is 1.77. The van der Waals surface area contributed by atoms with Crippen molar-refractivity contribution in [3.63, 3.8) is 0 Å². The first-order valence-electron chi connectivity index (χ1n) is 6.15. The van der Waals surface area contributed by atoms with Gasteiger partial charge in [-0.3, -0.25) is 0 Å². The molecule has 17 heavy (non-hydrogen) atoms. The molecule has 3 heteroatoms. The van der Waals surface area contributed by atoms with Gasteiger partial charge in [-0.25, -0.2) is 0 Å². The first-order valence-corrected chi connectivity index (χ1v) is 6.15. The van der Waals surface area contributed by atoms with Gasteiger partial charge in [0.2, 0.25) is 0 Å². The average molecular weight is 237 g/mol. The molecule has 1 N–H and O–H groups in total. The third-order valence-electron chi connectivity index (χ3n) is 2.85. The summed E-state index contributed by atoms with van der Waals surface area (Å²) in [5.74, 6) is 2.05. The maximum Gasteiger partial charge on any atom is 0.160 e. The normalized spacial score (nSPS) is 12.2. The predicted octanol–water partition coefficient (Wildman–Crippen LogP) is 2.81. The number of benzene rings is 1. The Bertz CT molecular complexity index is 339. The summed E-state index contributed by atoms with van der Waals surface area (Å²) in [6, 6.07) is 6.11. The Morgan fingerprint density at radius 3 is 2.47 bits per heavy atom. The molecule has 0 aliphatic carbocycles. The maximum absolute atomic E-state index is 5.31. The van der Waals surface area contributed by atoms with Gasteiger partial charge in [-0.1, -0.05) is 19.9 Å². The number of hydrogen-bond donors (Lipinski definition) is 1. The van der Waals surface area contributed by atoms with Crippen LogP contribution in [-0.4, -0.2) is 27.3 Å². The lowest BCUT2D eigenvalue weighted by Gasteiger charge is -2.15. The third-order valence-corrected chi connectivity index (χ3v) is 2.85. The van der Waals surface area contributed by atoms with Gasteiger partial charge in [-0.15, -0.1) is 0 Å². The van der Waals surface area contributed by atoms with Crippen LogP contribution >= 0.6 is 0 Å². The van der Waals surface area contributed by atoms with Crippen molar-refractivity contribution >= 4 is 0 Å². The summed E-state index contributed by atoms with van der Waals surface area (Å²) in [5.41, 5.74) is 1.27. The second-order valence-electron chi connectivity index (χ2n) is 4.22. The second-order valence-corrected chi connectivity index (χ2v) is 4.22. The van der Waals surface area contributed by atoms with Crippen LogP contribution in [0.25, 0.3) is 0 Å². The van der Waals surface area contributed by atoms with Crippen molar-refractivity contribution in [2.75, 3.05) is 27.3 Å². The molecule has 0 bridgehead atoms. The Morgan fingerprint density at radius 2 is 1.88 bits per heavy atom. The predicted molar refractivity (Wildman–Crippen MR) is 71.1 cm³/mol. The molecule has 0 aromatic heterocycles. The van der Waals surface area contributed by atoms with Crippen molar-refractivity contribution < 1.29 is 9.47 Å². The van der Waals surface area contributed by atoms with E-state index in [9.17, 15) is 0 Å². The zero-order valence-corrected chi connectivity index (χ0v) is 11.2. The minimum Gasteiger partial charge on any atom is -0.493 e. The van der Waals surface area contributed by atoms with Gasteiger partial charge in [-0.2, -0.15) is 0 Å². The Hall–Kier alpha value is -1.22. The van der Waals surface area contributed by atoms with Crippen molar-refractivity contribution in [2.45, 2.75) is 26.2 Å². The summed E-state index contributed by atoms with van der Waals surface area (Å²) < 4.78 is 10.5. The minimum absolute atomic E-state index is 0.473. The quantitative estimate of drug-likeness (QED) is 0.740. The average Bonchev–Trinajstić information content (AvgIpc) is 2.38. The fraction of sp³-hybridized carbons (Fsp3) is 0.571. The summed E-state index contributed by atoms with van der Waals surface area (Å²) in [6.45, 7) is 6.44. The van der Waals surface area contributed by atoms with Crippen LogP contribution in [0.1, 0.15) is 31.7 Å². The Balaban J connectivity index is 2.70. The Morgan fingerprint density at radius 1 is 1.18 bits per heavy atom. The molecule has 0 heterocycles. The molecule has 0 amide bonds. The minimum atomic E-state index is 0.473. The molecule has 0 fully saturated rings. The maximum atomic E-state index is 5.31. The summed E-state index contributed by atoms with van der Waals surface area (Å²) in [6.07, 6.45) is 1.17. The van der Waals surface area contributed by atoms with Crippen LogP contribution in [0.15, 0.2) is 18.2 Å². The summed E-state index contributed by atoms with van der Waals surface area (Å²) in [5, 5.41) is 3.43. The van der Waals surface area contributed by atoms with E-state index in [4.69, 9.17) is 9.47 Å². The SMILES string of the molecule is CCCNCC(C)c1ccc(OC)c(OC)c1. The Kier molecular flexibility index (Phi) is 5.84. The van der Waals surface area contributed by atoms with Crippen molar-refractivity contribution in [1.82, 2.24) is 5.32 Å². The van der Waals surface area contributed by atoms with Crippen LogP contribution in [-0.2, 0) is 0 Å². The molecule has 0 saturated carbocycles. The van der Waals surface area contributed by atoms with Crippen molar-refractivity contribution in [1.29, 1.82) is 0 Å². The first-order chi connectivity index (χ1) is 8.22. The fourth-order valence-electron chi connectivity index (χ4n) is 1.77. The molecular formula is C14H23NO2. The van der Waals surface area contributed by atoms with E-state index < -0.39 is 0 Å². The van der Waals surface area contributed by atoms with Crippen LogP contribution in [0, 0.1) is 0 Å². The van der Waals surface area contributed by atoms with E-state index in [1.54, 1.807) is 14.2 Å². The third kappa shape index (κ3) is 3.93. The molecule has 0 saturated heterocycles. The summed E-state index contributed by atoms with van der Waals surface area (Å²) in [7, 11) is 3.32. The lowest BCUT2D eigenvalue weighted by molar-refractivity contribution is 0.354. The highest BCUT2D eigenvalue weighted by molar-refractivity contribution is 5.43. The van der Waals surface area contributed by atoms with E-state index in [0.29, 0.717) is 5.92 Å². The van der Waals surface area contributed by atoms with E-state index in [0.717, 1.165) is 24.6 Å². The Labute approximate surface area is 104 Å². The van der Waals surface area contributed by atoms with Crippen LogP contribution in [0.3, 0.4) is 0 Å². The number of hydrogen-bond acceptors (Lipinski definition) is 3. The lowest BCUT2D eigenvalue weighted by Crippen LogP contribution is -2.20. The van der Waals surface area contributed by atoms with Gasteiger partial charge in [0, 0.05) is 6.54 Å². The molecule has 1 unspecified atom stereocenters. The highest BCUT2D eigenvalue weighted by Crippen LogP contribution is 2.30. The molecule has 3 nitrogen and oxygen atoms in total. The highest BCUT2D eigenvalue weighted by atomic mass is 16.5. The summed E-state index contributed by atoms with van der Waals surface area (Å²) in [4.78, 5) is 0. The molecule has 1 aromatic carbocycles. The molecule has 0 aliphatic heterocycles. The van der Waals surface area contributed by atoms with Gasteiger partial charge in [0.25, 0.3) is 0 Å². The molecule has 0 aliphatic rings. The van der Waals surface area contributed by atoms with E-state index >= 15 is 0 Å². The molecule has 96 valence electrons.